The summed E-state index contributed by atoms with van der Waals surface area (Å²) in [5.41, 5.74) is 3.50. The average molecular weight is 376 g/mol. The molecule has 2 aromatic carbocycles. The van der Waals surface area contributed by atoms with Gasteiger partial charge in [-0.1, -0.05) is 12.1 Å². The Bertz CT molecular complexity index is 1010. The van der Waals surface area contributed by atoms with E-state index in [2.05, 4.69) is 14.9 Å². The number of nitrogens with one attached hydrogen (secondary N) is 1. The summed E-state index contributed by atoms with van der Waals surface area (Å²) in [6, 6.07) is 15.3. The van der Waals surface area contributed by atoms with Crippen LogP contribution < -0.4 is 10.2 Å². The number of piperidine rings is 1. The fourth-order valence-corrected chi connectivity index (χ4v) is 3.73. The highest BCUT2D eigenvalue weighted by Gasteiger charge is 2.19. The highest BCUT2D eigenvalue weighted by Crippen LogP contribution is 2.21. The Morgan fingerprint density at radius 2 is 1.89 bits per heavy atom. The SMILES string of the molecule is Cc1nc2ccccc2n1CCNC(=O)c1ccc(N2CCCCC2=O)cc1. The zero-order valence-electron chi connectivity index (χ0n) is 16.0. The molecule has 0 aliphatic carbocycles. The number of carbonyl (C=O) groups excluding carboxylic acids is 2. The minimum atomic E-state index is -0.112. The standard InChI is InChI=1S/C22H24N4O2/c1-16-24-19-6-2-3-7-20(19)25(16)15-13-23-22(28)17-9-11-18(12-10-17)26-14-5-4-8-21(26)27/h2-3,6-7,9-12H,4-5,8,13-15H2,1H3,(H,23,28). The number of carbonyl (C=O) groups is 2. The number of benzene rings is 2. The lowest BCUT2D eigenvalue weighted by molar-refractivity contribution is -0.119. The van der Waals surface area contributed by atoms with Gasteiger partial charge in [-0.25, -0.2) is 4.98 Å². The van der Waals surface area contributed by atoms with Gasteiger partial charge in [-0.2, -0.15) is 0 Å². The fourth-order valence-electron chi connectivity index (χ4n) is 3.73. The van der Waals surface area contributed by atoms with Crippen molar-refractivity contribution in [2.45, 2.75) is 32.7 Å². The normalized spacial score (nSPS) is 14.5. The summed E-state index contributed by atoms with van der Waals surface area (Å²) in [6.07, 6.45) is 2.59. The van der Waals surface area contributed by atoms with Gasteiger partial charge in [0.25, 0.3) is 5.91 Å². The van der Waals surface area contributed by atoms with Crippen LogP contribution in [0.15, 0.2) is 48.5 Å². The van der Waals surface area contributed by atoms with E-state index < -0.39 is 0 Å². The van der Waals surface area contributed by atoms with Crippen LogP contribution in [-0.2, 0) is 11.3 Å². The summed E-state index contributed by atoms with van der Waals surface area (Å²) in [5, 5.41) is 2.97. The van der Waals surface area contributed by atoms with Gasteiger partial charge in [0, 0.05) is 37.3 Å². The summed E-state index contributed by atoms with van der Waals surface area (Å²) in [6.45, 7) is 3.91. The highest BCUT2D eigenvalue weighted by molar-refractivity contribution is 5.96. The second-order valence-electron chi connectivity index (χ2n) is 7.10. The van der Waals surface area contributed by atoms with E-state index in [1.807, 2.05) is 43.3 Å². The molecule has 0 saturated carbocycles. The highest BCUT2D eigenvalue weighted by atomic mass is 16.2. The average Bonchev–Trinajstić information content (AvgIpc) is 3.04. The quantitative estimate of drug-likeness (QED) is 0.743. The van der Waals surface area contributed by atoms with Crippen LogP contribution in [0, 0.1) is 6.92 Å². The van der Waals surface area contributed by atoms with Gasteiger partial charge >= 0.3 is 0 Å². The number of aryl methyl sites for hydroxylation is 1. The van der Waals surface area contributed by atoms with E-state index in [-0.39, 0.29) is 11.8 Å². The molecule has 144 valence electrons. The minimum Gasteiger partial charge on any atom is -0.350 e. The second kappa shape index (κ2) is 7.84. The van der Waals surface area contributed by atoms with Gasteiger partial charge < -0.3 is 14.8 Å². The number of anilines is 1. The molecule has 1 aliphatic heterocycles. The Kier molecular flexibility index (Phi) is 5.10. The maximum atomic E-state index is 12.5. The molecule has 28 heavy (non-hydrogen) atoms. The van der Waals surface area contributed by atoms with Gasteiger partial charge in [0.1, 0.15) is 5.82 Å². The molecule has 6 heteroatoms. The third kappa shape index (κ3) is 3.63. The molecule has 0 radical (unpaired) electrons. The van der Waals surface area contributed by atoms with Gasteiger partial charge in [0.2, 0.25) is 5.91 Å². The van der Waals surface area contributed by atoms with Crippen LogP contribution in [0.1, 0.15) is 35.4 Å². The number of fused-ring (bicyclic) bond motifs is 1. The Labute approximate surface area is 164 Å². The molecule has 4 rings (SSSR count). The zero-order chi connectivity index (χ0) is 19.5. The van der Waals surface area contributed by atoms with Gasteiger partial charge in [-0.3, -0.25) is 9.59 Å². The van der Waals surface area contributed by atoms with Crippen LogP contribution in [0.25, 0.3) is 11.0 Å². The van der Waals surface area contributed by atoms with E-state index in [1.165, 1.54) is 0 Å². The summed E-state index contributed by atoms with van der Waals surface area (Å²) in [7, 11) is 0. The molecule has 1 aromatic heterocycles. The molecule has 1 fully saturated rings. The van der Waals surface area contributed by atoms with Crippen LogP contribution in [0.2, 0.25) is 0 Å². The van der Waals surface area contributed by atoms with Crippen molar-refractivity contribution < 1.29 is 9.59 Å². The molecule has 0 unspecified atom stereocenters. The number of rotatable bonds is 5. The number of hydrogen-bond donors (Lipinski definition) is 1. The number of para-hydroxylation sites is 2. The van der Waals surface area contributed by atoms with Gasteiger partial charge in [0.05, 0.1) is 11.0 Å². The van der Waals surface area contributed by atoms with E-state index in [0.717, 1.165) is 41.9 Å². The maximum Gasteiger partial charge on any atom is 0.251 e. The van der Waals surface area contributed by atoms with Crippen LogP contribution in [-0.4, -0.2) is 34.5 Å². The first-order valence-electron chi connectivity index (χ1n) is 9.74. The fraction of sp³-hybridized carbons (Fsp3) is 0.318. The molecule has 1 aliphatic rings. The summed E-state index contributed by atoms with van der Waals surface area (Å²) >= 11 is 0. The lowest BCUT2D eigenvalue weighted by atomic mass is 10.1. The molecule has 2 heterocycles. The molecule has 3 aromatic rings. The van der Waals surface area contributed by atoms with Crippen LogP contribution in [0.3, 0.4) is 0 Å². The largest absolute Gasteiger partial charge is 0.350 e. The molecule has 0 bridgehead atoms. The van der Waals surface area contributed by atoms with E-state index in [9.17, 15) is 9.59 Å². The minimum absolute atomic E-state index is 0.112. The molecular formula is C22H24N4O2. The lowest BCUT2D eigenvalue weighted by Crippen LogP contribution is -2.35. The van der Waals surface area contributed by atoms with Crippen LogP contribution in [0.4, 0.5) is 5.69 Å². The van der Waals surface area contributed by atoms with E-state index >= 15 is 0 Å². The van der Waals surface area contributed by atoms with Crippen molar-refractivity contribution in [2.24, 2.45) is 0 Å². The van der Waals surface area contributed by atoms with Crippen molar-refractivity contribution in [1.29, 1.82) is 0 Å². The van der Waals surface area contributed by atoms with Gasteiger partial charge in [-0.05, 0) is 56.2 Å². The summed E-state index contributed by atoms with van der Waals surface area (Å²) in [4.78, 5) is 30.8. The maximum absolute atomic E-state index is 12.5. The van der Waals surface area contributed by atoms with Crippen molar-refractivity contribution in [2.75, 3.05) is 18.0 Å². The Morgan fingerprint density at radius 3 is 2.68 bits per heavy atom. The van der Waals surface area contributed by atoms with E-state index in [0.29, 0.717) is 25.1 Å². The molecule has 1 saturated heterocycles. The molecule has 0 spiro atoms. The first kappa shape index (κ1) is 18.2. The van der Waals surface area contributed by atoms with Crippen molar-refractivity contribution in [3.63, 3.8) is 0 Å². The van der Waals surface area contributed by atoms with Crippen LogP contribution in [0.5, 0.6) is 0 Å². The number of imidazole rings is 1. The monoisotopic (exact) mass is 376 g/mol. The number of hydrogen-bond acceptors (Lipinski definition) is 3. The molecule has 6 nitrogen and oxygen atoms in total. The van der Waals surface area contributed by atoms with E-state index in [1.54, 1.807) is 17.0 Å². The zero-order valence-corrected chi connectivity index (χ0v) is 16.0. The van der Waals surface area contributed by atoms with Gasteiger partial charge in [0.15, 0.2) is 0 Å². The second-order valence-corrected chi connectivity index (χ2v) is 7.10. The first-order chi connectivity index (χ1) is 13.6. The molecule has 1 N–H and O–H groups in total. The lowest BCUT2D eigenvalue weighted by Gasteiger charge is -2.26. The van der Waals surface area contributed by atoms with Crippen molar-refractivity contribution in [3.05, 3.63) is 59.9 Å². The van der Waals surface area contributed by atoms with Crippen molar-refractivity contribution in [1.82, 2.24) is 14.9 Å². The Balaban J connectivity index is 1.37. The Hall–Kier alpha value is -3.15. The van der Waals surface area contributed by atoms with Gasteiger partial charge in [-0.15, -0.1) is 0 Å². The van der Waals surface area contributed by atoms with Crippen molar-refractivity contribution in [3.8, 4) is 0 Å². The number of aromatic nitrogens is 2. The smallest absolute Gasteiger partial charge is 0.251 e. The van der Waals surface area contributed by atoms with Crippen LogP contribution >= 0.6 is 0 Å². The number of amides is 2. The van der Waals surface area contributed by atoms with Crippen molar-refractivity contribution >= 4 is 28.5 Å². The third-order valence-electron chi connectivity index (χ3n) is 5.23. The summed E-state index contributed by atoms with van der Waals surface area (Å²) in [5.74, 6) is 0.982. The van der Waals surface area contributed by atoms with E-state index in [4.69, 9.17) is 0 Å². The number of nitrogens with zero attached hydrogens (tertiary/aromatic N) is 3. The summed E-state index contributed by atoms with van der Waals surface area (Å²) < 4.78 is 2.11. The first-order valence-corrected chi connectivity index (χ1v) is 9.74. The molecule has 0 atom stereocenters. The third-order valence-corrected chi connectivity index (χ3v) is 5.23. The molecular weight excluding hydrogens is 352 g/mol. The predicted octanol–water partition coefficient (Wildman–Crippen LogP) is 3.29. The topological polar surface area (TPSA) is 67.2 Å². The Morgan fingerprint density at radius 1 is 1.11 bits per heavy atom. The predicted molar refractivity (Wildman–Crippen MR) is 109 cm³/mol. The molecule has 2 amide bonds.